The van der Waals surface area contributed by atoms with Crippen LogP contribution in [0.4, 0.5) is 11.4 Å². The van der Waals surface area contributed by atoms with Crippen molar-refractivity contribution in [2.75, 3.05) is 11.4 Å². The predicted octanol–water partition coefficient (Wildman–Crippen LogP) is 8.90. The molecule has 0 aliphatic carbocycles. The van der Waals surface area contributed by atoms with Crippen LogP contribution in [-0.4, -0.2) is 6.54 Å². The minimum absolute atomic E-state index is 0.872. The lowest BCUT2D eigenvalue weighted by Crippen LogP contribution is -2.18. The van der Waals surface area contributed by atoms with Crippen molar-refractivity contribution in [3.8, 4) is 0 Å². The van der Waals surface area contributed by atoms with Gasteiger partial charge in [0.1, 0.15) is 11.5 Å². The number of furan rings is 1. The third-order valence-corrected chi connectivity index (χ3v) is 5.39. The number of hydrogen-bond acceptors (Lipinski definition) is 2. The standard InChI is InChI=1S/C29H35NO/c1-4-6-8-9-23-30(26-16-11-24(3)12-17-26)27-18-13-25(14-19-27)15-20-29-22-21-28(31-29)10-7-5-2/h7,10-22H,4-6,8-9,23H2,1-3H3/b10-7-,20-15-. The number of hydrogen-bond donors (Lipinski definition) is 0. The maximum atomic E-state index is 5.82. The number of unbranched alkanes of at least 4 members (excludes halogenated alkanes) is 3. The lowest BCUT2D eigenvalue weighted by molar-refractivity contribution is 0.547. The van der Waals surface area contributed by atoms with E-state index in [0.29, 0.717) is 0 Å². The Bertz CT molecular complexity index is 961. The fraction of sp³-hybridized carbons (Fsp3) is 0.310. The summed E-state index contributed by atoms with van der Waals surface area (Å²) < 4.78 is 5.82. The van der Waals surface area contributed by atoms with E-state index in [1.165, 1.54) is 48.2 Å². The Morgan fingerprint density at radius 1 is 0.710 bits per heavy atom. The second-order valence-corrected chi connectivity index (χ2v) is 8.02. The van der Waals surface area contributed by atoms with Gasteiger partial charge in [0.05, 0.1) is 0 Å². The van der Waals surface area contributed by atoms with Gasteiger partial charge in [-0.2, -0.15) is 0 Å². The van der Waals surface area contributed by atoms with Gasteiger partial charge >= 0.3 is 0 Å². The van der Waals surface area contributed by atoms with E-state index in [9.17, 15) is 0 Å². The van der Waals surface area contributed by atoms with Crippen molar-refractivity contribution in [3.63, 3.8) is 0 Å². The summed E-state index contributed by atoms with van der Waals surface area (Å²) in [6.45, 7) is 7.56. The molecule has 31 heavy (non-hydrogen) atoms. The molecule has 0 amide bonds. The molecule has 0 spiro atoms. The molecular formula is C29H35NO. The van der Waals surface area contributed by atoms with E-state index in [4.69, 9.17) is 4.42 Å². The molecule has 0 unspecified atom stereocenters. The normalized spacial score (nSPS) is 11.6. The summed E-state index contributed by atoms with van der Waals surface area (Å²) in [5, 5.41) is 0. The van der Waals surface area contributed by atoms with Gasteiger partial charge in [-0.25, -0.2) is 0 Å². The molecule has 0 bridgehead atoms. The van der Waals surface area contributed by atoms with Crippen LogP contribution in [0.2, 0.25) is 0 Å². The Balaban J connectivity index is 1.71. The van der Waals surface area contributed by atoms with E-state index in [0.717, 1.165) is 24.5 Å². The minimum Gasteiger partial charge on any atom is -0.457 e. The summed E-state index contributed by atoms with van der Waals surface area (Å²) in [6.07, 6.45) is 14.3. The van der Waals surface area contributed by atoms with Crippen molar-refractivity contribution in [1.82, 2.24) is 0 Å². The lowest BCUT2D eigenvalue weighted by Gasteiger charge is -2.25. The van der Waals surface area contributed by atoms with E-state index >= 15 is 0 Å². The maximum Gasteiger partial charge on any atom is 0.127 e. The van der Waals surface area contributed by atoms with Gasteiger partial charge in [-0.3, -0.25) is 0 Å². The molecule has 2 aromatic carbocycles. The fourth-order valence-corrected chi connectivity index (χ4v) is 3.55. The molecule has 0 atom stereocenters. The van der Waals surface area contributed by atoms with Crippen molar-refractivity contribution in [2.24, 2.45) is 0 Å². The van der Waals surface area contributed by atoms with Gasteiger partial charge in [0.15, 0.2) is 0 Å². The van der Waals surface area contributed by atoms with Crippen molar-refractivity contribution in [1.29, 1.82) is 0 Å². The van der Waals surface area contributed by atoms with Crippen molar-refractivity contribution in [3.05, 3.63) is 89.4 Å². The highest BCUT2D eigenvalue weighted by Gasteiger charge is 2.09. The number of anilines is 2. The molecule has 0 saturated carbocycles. The first-order valence-electron chi connectivity index (χ1n) is 11.6. The first kappa shape index (κ1) is 22.7. The average molecular weight is 414 g/mol. The molecule has 1 heterocycles. The zero-order valence-corrected chi connectivity index (χ0v) is 19.2. The predicted molar refractivity (Wildman–Crippen MR) is 136 cm³/mol. The topological polar surface area (TPSA) is 16.4 Å². The molecule has 0 aliphatic rings. The summed E-state index contributed by atoms with van der Waals surface area (Å²) in [5.74, 6) is 1.77. The molecule has 2 nitrogen and oxygen atoms in total. The van der Waals surface area contributed by atoms with Crippen LogP contribution < -0.4 is 4.90 Å². The highest BCUT2D eigenvalue weighted by molar-refractivity contribution is 5.70. The van der Waals surface area contributed by atoms with Crippen LogP contribution >= 0.6 is 0 Å². The Labute approximate surface area is 187 Å². The van der Waals surface area contributed by atoms with Crippen molar-refractivity contribution >= 4 is 29.6 Å². The van der Waals surface area contributed by atoms with E-state index < -0.39 is 0 Å². The van der Waals surface area contributed by atoms with Crippen LogP contribution in [0.15, 0.2) is 71.2 Å². The van der Waals surface area contributed by atoms with Gasteiger partial charge in [0.2, 0.25) is 0 Å². The van der Waals surface area contributed by atoms with Gasteiger partial charge in [-0.05, 0) is 73.9 Å². The van der Waals surface area contributed by atoms with E-state index in [1.807, 2.05) is 24.3 Å². The monoisotopic (exact) mass is 413 g/mol. The highest BCUT2D eigenvalue weighted by Crippen LogP contribution is 2.27. The van der Waals surface area contributed by atoms with Gasteiger partial charge in [-0.15, -0.1) is 0 Å². The van der Waals surface area contributed by atoms with Crippen LogP contribution in [0, 0.1) is 6.92 Å². The zero-order valence-electron chi connectivity index (χ0n) is 19.2. The van der Waals surface area contributed by atoms with E-state index in [2.05, 4.69) is 86.4 Å². The first-order chi connectivity index (χ1) is 15.2. The van der Waals surface area contributed by atoms with Gasteiger partial charge < -0.3 is 9.32 Å². The molecule has 3 rings (SSSR count). The summed E-state index contributed by atoms with van der Waals surface area (Å²) in [7, 11) is 0. The van der Waals surface area contributed by atoms with Crippen LogP contribution in [0.1, 0.15) is 68.6 Å². The second kappa shape index (κ2) is 12.0. The average Bonchev–Trinajstić information content (AvgIpc) is 3.25. The fourth-order valence-electron chi connectivity index (χ4n) is 3.55. The van der Waals surface area contributed by atoms with Crippen molar-refractivity contribution < 1.29 is 4.42 Å². The summed E-state index contributed by atoms with van der Waals surface area (Å²) in [5.41, 5.74) is 4.96. The molecule has 0 fully saturated rings. The molecule has 0 radical (unpaired) electrons. The highest BCUT2D eigenvalue weighted by atomic mass is 16.3. The van der Waals surface area contributed by atoms with Crippen LogP contribution in [0.3, 0.4) is 0 Å². The second-order valence-electron chi connectivity index (χ2n) is 8.02. The first-order valence-corrected chi connectivity index (χ1v) is 11.6. The molecule has 3 aromatic rings. The number of rotatable bonds is 11. The van der Waals surface area contributed by atoms with E-state index in [-0.39, 0.29) is 0 Å². The van der Waals surface area contributed by atoms with Gasteiger partial charge in [-0.1, -0.05) is 75.1 Å². The Hall–Kier alpha value is -3.00. The zero-order chi connectivity index (χ0) is 21.9. The quantitative estimate of drug-likeness (QED) is 0.292. The number of nitrogens with zero attached hydrogens (tertiary/aromatic N) is 1. The van der Waals surface area contributed by atoms with Crippen molar-refractivity contribution in [2.45, 2.75) is 52.9 Å². The van der Waals surface area contributed by atoms with Crippen LogP contribution in [0.5, 0.6) is 0 Å². The summed E-state index contributed by atoms with van der Waals surface area (Å²) in [6, 6.07) is 21.7. The largest absolute Gasteiger partial charge is 0.457 e. The summed E-state index contributed by atoms with van der Waals surface area (Å²) >= 11 is 0. The smallest absolute Gasteiger partial charge is 0.127 e. The molecular weight excluding hydrogens is 378 g/mol. The molecule has 162 valence electrons. The number of allylic oxidation sites excluding steroid dienone is 1. The van der Waals surface area contributed by atoms with Gasteiger partial charge in [0.25, 0.3) is 0 Å². The third-order valence-electron chi connectivity index (χ3n) is 5.39. The Morgan fingerprint density at radius 3 is 2.00 bits per heavy atom. The van der Waals surface area contributed by atoms with Gasteiger partial charge in [0, 0.05) is 17.9 Å². The SMILES string of the molecule is CC/C=C\c1ccc(/C=C\c2ccc(N(CCCCCC)c3ccc(C)cc3)cc2)o1. The molecule has 1 aromatic heterocycles. The Morgan fingerprint density at radius 2 is 1.35 bits per heavy atom. The molecule has 0 saturated heterocycles. The Kier molecular flexibility index (Phi) is 8.78. The summed E-state index contributed by atoms with van der Waals surface area (Å²) in [4.78, 5) is 2.43. The molecule has 2 heteroatoms. The number of benzene rings is 2. The van der Waals surface area contributed by atoms with Crippen LogP contribution in [-0.2, 0) is 0 Å². The number of aryl methyl sites for hydroxylation is 1. The molecule has 0 N–H and O–H groups in total. The maximum absolute atomic E-state index is 5.82. The lowest BCUT2D eigenvalue weighted by atomic mass is 10.1. The molecule has 0 aliphatic heterocycles. The third kappa shape index (κ3) is 7.03. The van der Waals surface area contributed by atoms with E-state index in [1.54, 1.807) is 0 Å². The minimum atomic E-state index is 0.872. The van der Waals surface area contributed by atoms with Crippen LogP contribution in [0.25, 0.3) is 18.2 Å².